The van der Waals surface area contributed by atoms with Crippen molar-refractivity contribution >= 4 is 17.8 Å². The molecule has 2 aromatic rings. The normalized spacial score (nSPS) is 20.6. The number of fused-ring (bicyclic) bond motifs is 1. The van der Waals surface area contributed by atoms with E-state index >= 15 is 0 Å². The monoisotopic (exact) mass is 376 g/mol. The van der Waals surface area contributed by atoms with Gasteiger partial charge in [0.15, 0.2) is 5.78 Å². The largest absolute Gasteiger partial charge is 0.338 e. The summed E-state index contributed by atoms with van der Waals surface area (Å²) in [5.74, 6) is 1.15. The predicted octanol–water partition coefficient (Wildman–Crippen LogP) is 3.39. The Balaban J connectivity index is 1.54. The van der Waals surface area contributed by atoms with E-state index in [0.29, 0.717) is 6.42 Å². The molecule has 28 heavy (non-hydrogen) atoms. The van der Waals surface area contributed by atoms with Crippen molar-refractivity contribution < 1.29 is 4.79 Å². The van der Waals surface area contributed by atoms with E-state index in [0.717, 1.165) is 67.6 Å². The van der Waals surface area contributed by atoms with Gasteiger partial charge >= 0.3 is 0 Å². The average Bonchev–Trinajstić information content (AvgIpc) is 2.72. The second-order valence-electron chi connectivity index (χ2n) is 7.71. The molecule has 1 aliphatic heterocycles. The average molecular weight is 377 g/mol. The van der Waals surface area contributed by atoms with Crippen molar-refractivity contribution in [3.05, 3.63) is 58.9 Å². The molecule has 2 aliphatic rings. The molecule has 0 bridgehead atoms. The van der Waals surface area contributed by atoms with Crippen molar-refractivity contribution in [3.8, 4) is 0 Å². The molecule has 0 spiro atoms. The summed E-state index contributed by atoms with van der Waals surface area (Å²) in [5.41, 5.74) is 3.65. The molecular weight excluding hydrogens is 348 g/mol. The molecule has 5 heteroatoms. The number of hydrogen-bond donors (Lipinski definition) is 0. The van der Waals surface area contributed by atoms with Crippen LogP contribution in [0.2, 0.25) is 0 Å². The molecule has 146 valence electrons. The molecule has 1 atom stereocenters. The lowest BCUT2D eigenvalue weighted by molar-refractivity contribution is 0.0956. The molecule has 0 unspecified atom stereocenters. The molecule has 0 N–H and O–H groups in total. The van der Waals surface area contributed by atoms with Crippen LogP contribution in [0.4, 0.5) is 5.95 Å². The molecule has 2 heterocycles. The highest BCUT2D eigenvalue weighted by Gasteiger charge is 2.29. The van der Waals surface area contributed by atoms with E-state index in [4.69, 9.17) is 4.98 Å². The van der Waals surface area contributed by atoms with E-state index in [1.807, 2.05) is 25.1 Å². The minimum absolute atomic E-state index is 0.170. The van der Waals surface area contributed by atoms with Crippen molar-refractivity contribution in [1.29, 1.82) is 0 Å². The van der Waals surface area contributed by atoms with Gasteiger partial charge in [0.2, 0.25) is 5.95 Å². The fourth-order valence-corrected chi connectivity index (χ4v) is 4.14. The third-order valence-electron chi connectivity index (χ3n) is 5.80. The van der Waals surface area contributed by atoms with Gasteiger partial charge < -0.3 is 9.80 Å². The lowest BCUT2D eigenvalue weighted by Crippen LogP contribution is -2.47. The third-order valence-corrected chi connectivity index (χ3v) is 5.80. The molecule has 5 nitrogen and oxygen atoms in total. The Labute approximate surface area is 167 Å². The molecule has 1 saturated heterocycles. The van der Waals surface area contributed by atoms with Gasteiger partial charge in [-0.2, -0.15) is 0 Å². The van der Waals surface area contributed by atoms with Crippen molar-refractivity contribution in [2.45, 2.75) is 26.7 Å². The molecule has 1 fully saturated rings. The quantitative estimate of drug-likeness (QED) is 0.819. The number of aryl methyl sites for hydroxylation is 1. The van der Waals surface area contributed by atoms with Gasteiger partial charge in [-0.3, -0.25) is 4.79 Å². The Kier molecular flexibility index (Phi) is 5.53. The minimum Gasteiger partial charge on any atom is -0.338 e. The zero-order valence-electron chi connectivity index (χ0n) is 16.8. The van der Waals surface area contributed by atoms with Crippen LogP contribution in [0, 0.1) is 12.8 Å². The Morgan fingerprint density at radius 1 is 1.07 bits per heavy atom. The number of hydrogen-bond acceptors (Lipinski definition) is 5. The lowest BCUT2D eigenvalue weighted by Gasteiger charge is -2.34. The van der Waals surface area contributed by atoms with Gasteiger partial charge in [-0.1, -0.05) is 49.4 Å². The molecule has 0 radical (unpaired) electrons. The van der Waals surface area contributed by atoms with E-state index < -0.39 is 0 Å². The van der Waals surface area contributed by atoms with Crippen molar-refractivity contribution in [2.24, 2.45) is 5.92 Å². The summed E-state index contributed by atoms with van der Waals surface area (Å²) in [6, 6.07) is 10.2. The molecule has 0 saturated carbocycles. The van der Waals surface area contributed by atoms with Gasteiger partial charge in [-0.25, -0.2) is 9.97 Å². The number of allylic oxidation sites excluding steroid dienone is 1. The number of likely N-dealkylation sites (N-methyl/N-ethyl adjacent to an activating group) is 1. The number of ketones is 1. The Morgan fingerprint density at radius 2 is 1.82 bits per heavy atom. The van der Waals surface area contributed by atoms with Gasteiger partial charge in [0.25, 0.3) is 0 Å². The van der Waals surface area contributed by atoms with Crippen LogP contribution in [0.1, 0.15) is 40.7 Å². The van der Waals surface area contributed by atoms with Crippen LogP contribution < -0.4 is 4.90 Å². The zero-order chi connectivity index (χ0) is 19.5. The Bertz CT molecular complexity index is 870. The first kappa shape index (κ1) is 18.8. The number of carbonyl (C=O) groups is 1. The van der Waals surface area contributed by atoms with Crippen molar-refractivity contribution in [1.82, 2.24) is 14.9 Å². The molecular formula is C23H28N4O. The molecule has 4 rings (SSSR count). The van der Waals surface area contributed by atoms with Gasteiger partial charge in [0.05, 0.1) is 17.0 Å². The number of Topliss-reactive ketones (excluding diaryl/α,β-unsaturated/α-hetero) is 1. The number of piperazine rings is 1. The minimum atomic E-state index is 0.170. The second-order valence-corrected chi connectivity index (χ2v) is 7.71. The summed E-state index contributed by atoms with van der Waals surface area (Å²) >= 11 is 0. The van der Waals surface area contributed by atoms with E-state index in [2.05, 4.69) is 46.0 Å². The predicted molar refractivity (Wildman–Crippen MR) is 113 cm³/mol. The van der Waals surface area contributed by atoms with Gasteiger partial charge in [-0.05, 0) is 31.4 Å². The third kappa shape index (κ3) is 3.99. The Morgan fingerprint density at radius 3 is 2.54 bits per heavy atom. The standard InChI is InChI=1S/C23H28N4O/c1-3-26-11-13-27(14-12-26)23-24-17(2)22-20(25-23)15-19(16-21(22)28)10-9-18-7-5-4-6-8-18/h4-10,19H,3,11-16H2,1-2H3/b10-9+/t19-/m1/s1. The first-order chi connectivity index (χ1) is 13.6. The van der Waals surface area contributed by atoms with Gasteiger partial charge in [-0.15, -0.1) is 0 Å². The highest BCUT2D eigenvalue weighted by atomic mass is 16.1. The molecule has 1 aromatic carbocycles. The number of aromatic nitrogens is 2. The first-order valence-corrected chi connectivity index (χ1v) is 10.3. The van der Waals surface area contributed by atoms with Crippen LogP contribution in [0.5, 0.6) is 0 Å². The fraction of sp³-hybridized carbons (Fsp3) is 0.435. The van der Waals surface area contributed by atoms with Crippen LogP contribution in [0.15, 0.2) is 36.4 Å². The summed E-state index contributed by atoms with van der Waals surface area (Å²) in [6.45, 7) is 9.19. The number of rotatable bonds is 4. The maximum absolute atomic E-state index is 12.8. The van der Waals surface area contributed by atoms with E-state index in [-0.39, 0.29) is 11.7 Å². The van der Waals surface area contributed by atoms with E-state index in [9.17, 15) is 4.79 Å². The summed E-state index contributed by atoms with van der Waals surface area (Å²) in [6.07, 6.45) is 5.61. The van der Waals surface area contributed by atoms with Gasteiger partial charge in [0.1, 0.15) is 0 Å². The van der Waals surface area contributed by atoms with Crippen LogP contribution in [-0.2, 0) is 6.42 Å². The smallest absolute Gasteiger partial charge is 0.225 e. The number of nitrogens with zero attached hydrogens (tertiary/aromatic N) is 4. The number of anilines is 1. The fourth-order valence-electron chi connectivity index (χ4n) is 4.14. The summed E-state index contributed by atoms with van der Waals surface area (Å²) in [5, 5.41) is 0. The second kappa shape index (κ2) is 8.23. The summed E-state index contributed by atoms with van der Waals surface area (Å²) in [7, 11) is 0. The van der Waals surface area contributed by atoms with Gasteiger partial charge in [0, 0.05) is 32.6 Å². The first-order valence-electron chi connectivity index (χ1n) is 10.3. The SMILES string of the molecule is CCN1CCN(c2nc(C)c3c(n2)C[C@@H](/C=C/c2ccccc2)CC3=O)CC1. The number of benzene rings is 1. The molecule has 1 aliphatic carbocycles. The maximum Gasteiger partial charge on any atom is 0.225 e. The van der Waals surface area contributed by atoms with Crippen LogP contribution >= 0.6 is 0 Å². The van der Waals surface area contributed by atoms with Crippen LogP contribution in [0.25, 0.3) is 6.08 Å². The number of carbonyl (C=O) groups excluding carboxylic acids is 1. The Hall–Kier alpha value is -2.53. The van der Waals surface area contributed by atoms with E-state index in [1.54, 1.807) is 0 Å². The zero-order valence-corrected chi connectivity index (χ0v) is 16.8. The summed E-state index contributed by atoms with van der Waals surface area (Å²) in [4.78, 5) is 27.0. The molecule has 1 aromatic heterocycles. The van der Waals surface area contributed by atoms with E-state index in [1.165, 1.54) is 0 Å². The summed E-state index contributed by atoms with van der Waals surface area (Å²) < 4.78 is 0. The van der Waals surface area contributed by atoms with Crippen molar-refractivity contribution in [2.75, 3.05) is 37.6 Å². The highest BCUT2D eigenvalue weighted by Crippen LogP contribution is 2.29. The van der Waals surface area contributed by atoms with Crippen LogP contribution in [-0.4, -0.2) is 53.4 Å². The van der Waals surface area contributed by atoms with Crippen LogP contribution in [0.3, 0.4) is 0 Å². The molecule has 0 amide bonds. The maximum atomic E-state index is 12.8. The highest BCUT2D eigenvalue weighted by molar-refractivity contribution is 5.99. The topological polar surface area (TPSA) is 49.3 Å². The lowest BCUT2D eigenvalue weighted by atomic mass is 9.85. The van der Waals surface area contributed by atoms with Crippen molar-refractivity contribution in [3.63, 3.8) is 0 Å².